The molecule has 1 atom stereocenters. The van der Waals surface area contributed by atoms with Crippen molar-refractivity contribution in [1.29, 1.82) is 0 Å². The average Bonchev–Trinajstić information content (AvgIpc) is 2.69. The third-order valence-corrected chi connectivity index (χ3v) is 4.89. The number of ether oxygens (including phenoxy) is 1. The van der Waals surface area contributed by atoms with Crippen LogP contribution in [0.3, 0.4) is 0 Å². The molecule has 1 amide bonds. The van der Waals surface area contributed by atoms with Crippen LogP contribution >= 0.6 is 0 Å². The van der Waals surface area contributed by atoms with Crippen LogP contribution in [0.2, 0.25) is 0 Å². The van der Waals surface area contributed by atoms with Gasteiger partial charge in [-0.25, -0.2) is 4.98 Å². The number of hydrogen-bond acceptors (Lipinski definition) is 4. The van der Waals surface area contributed by atoms with Crippen molar-refractivity contribution in [2.24, 2.45) is 0 Å². The lowest BCUT2D eigenvalue weighted by molar-refractivity contribution is 0.102. The van der Waals surface area contributed by atoms with E-state index in [2.05, 4.69) is 22.1 Å². The molecule has 0 saturated carbocycles. The Bertz CT molecular complexity index is 741. The number of rotatable bonds is 6. The lowest BCUT2D eigenvalue weighted by Crippen LogP contribution is -2.39. The number of nitrogens with zero attached hydrogens (tertiary/aromatic N) is 2. The quantitative estimate of drug-likeness (QED) is 0.790. The molecule has 1 aromatic carbocycles. The first-order valence-corrected chi connectivity index (χ1v) is 9.87. The number of nitrogens with one attached hydrogen (secondary N) is 1. The maximum Gasteiger partial charge on any atom is 0.257 e. The summed E-state index contributed by atoms with van der Waals surface area (Å²) in [5.74, 6) is 1.60. The molecule has 27 heavy (non-hydrogen) atoms. The lowest BCUT2D eigenvalue weighted by atomic mass is 10.00. The normalized spacial score (nSPS) is 17.0. The molecule has 1 aromatic heterocycles. The molecule has 0 spiro atoms. The first kappa shape index (κ1) is 19.2. The molecule has 144 valence electrons. The first-order chi connectivity index (χ1) is 13.1. The third-order valence-electron chi connectivity index (χ3n) is 4.89. The summed E-state index contributed by atoms with van der Waals surface area (Å²) in [6.07, 6.45) is 6.63. The van der Waals surface area contributed by atoms with Gasteiger partial charge in [-0.1, -0.05) is 6.92 Å². The van der Waals surface area contributed by atoms with Crippen molar-refractivity contribution in [3.8, 4) is 5.75 Å². The van der Waals surface area contributed by atoms with Crippen molar-refractivity contribution in [3.63, 3.8) is 0 Å². The van der Waals surface area contributed by atoms with Gasteiger partial charge in [-0.05, 0) is 75.9 Å². The standard InChI is InChI=1S/C22H29N3O2/c1-4-19-7-5-6-14-25(19)21-13-8-17(15-23-21)22(26)24-18-9-11-20(12-10-18)27-16(2)3/h8-13,15-16,19H,4-7,14H2,1-3H3,(H,24,26). The molecule has 0 bridgehead atoms. The molecule has 5 heteroatoms. The highest BCUT2D eigenvalue weighted by molar-refractivity contribution is 6.04. The van der Waals surface area contributed by atoms with Crippen LogP contribution in [0.5, 0.6) is 5.75 Å². The summed E-state index contributed by atoms with van der Waals surface area (Å²) in [5, 5.41) is 2.91. The number of aromatic nitrogens is 1. The third kappa shape index (κ3) is 5.00. The summed E-state index contributed by atoms with van der Waals surface area (Å²) in [6, 6.07) is 11.8. The van der Waals surface area contributed by atoms with Gasteiger partial charge in [-0.3, -0.25) is 4.79 Å². The minimum absolute atomic E-state index is 0.127. The zero-order chi connectivity index (χ0) is 19.2. The van der Waals surface area contributed by atoms with Crippen LogP contribution in [0.1, 0.15) is 56.8 Å². The molecule has 2 aromatic rings. The average molecular weight is 367 g/mol. The van der Waals surface area contributed by atoms with Crippen molar-refractivity contribution < 1.29 is 9.53 Å². The van der Waals surface area contributed by atoms with Gasteiger partial charge in [-0.15, -0.1) is 0 Å². The Kier molecular flexibility index (Phi) is 6.32. The Morgan fingerprint density at radius 3 is 2.63 bits per heavy atom. The van der Waals surface area contributed by atoms with Crippen LogP contribution < -0.4 is 15.0 Å². The van der Waals surface area contributed by atoms with Crippen LogP contribution in [0.25, 0.3) is 0 Å². The fourth-order valence-electron chi connectivity index (χ4n) is 3.51. The molecule has 1 N–H and O–H groups in total. The number of carbonyl (C=O) groups is 1. The van der Waals surface area contributed by atoms with Crippen molar-refractivity contribution in [1.82, 2.24) is 4.98 Å². The van der Waals surface area contributed by atoms with Crippen molar-refractivity contribution in [3.05, 3.63) is 48.2 Å². The van der Waals surface area contributed by atoms with Crippen molar-refractivity contribution in [2.75, 3.05) is 16.8 Å². The molecule has 2 heterocycles. The number of anilines is 2. The number of amides is 1. The Morgan fingerprint density at radius 2 is 2.00 bits per heavy atom. The van der Waals surface area contributed by atoms with E-state index in [0.717, 1.165) is 30.2 Å². The van der Waals surface area contributed by atoms with Gasteiger partial charge in [0.2, 0.25) is 0 Å². The molecule has 1 aliphatic rings. The van der Waals surface area contributed by atoms with Gasteiger partial charge in [0.25, 0.3) is 5.91 Å². The Morgan fingerprint density at radius 1 is 1.22 bits per heavy atom. The highest BCUT2D eigenvalue weighted by Gasteiger charge is 2.22. The van der Waals surface area contributed by atoms with E-state index in [1.54, 1.807) is 6.20 Å². The molecule has 1 unspecified atom stereocenters. The molecular weight excluding hydrogens is 338 g/mol. The van der Waals surface area contributed by atoms with E-state index in [9.17, 15) is 4.79 Å². The van der Waals surface area contributed by atoms with Crippen molar-refractivity contribution in [2.45, 2.75) is 58.6 Å². The van der Waals surface area contributed by atoms with Gasteiger partial charge in [0.05, 0.1) is 11.7 Å². The van der Waals surface area contributed by atoms with Gasteiger partial charge in [-0.2, -0.15) is 0 Å². The smallest absolute Gasteiger partial charge is 0.257 e. The van der Waals surface area contributed by atoms with Crippen molar-refractivity contribution >= 4 is 17.4 Å². The van der Waals surface area contributed by atoms with Crippen LogP contribution in [-0.4, -0.2) is 29.6 Å². The highest BCUT2D eigenvalue weighted by atomic mass is 16.5. The minimum Gasteiger partial charge on any atom is -0.491 e. The topological polar surface area (TPSA) is 54.5 Å². The van der Waals surface area contributed by atoms with E-state index in [-0.39, 0.29) is 12.0 Å². The molecule has 5 nitrogen and oxygen atoms in total. The Balaban J connectivity index is 1.63. The second-order valence-corrected chi connectivity index (χ2v) is 7.30. The van der Waals surface area contributed by atoms with E-state index in [0.29, 0.717) is 11.6 Å². The summed E-state index contributed by atoms with van der Waals surface area (Å²) in [7, 11) is 0. The number of piperidine rings is 1. The van der Waals surface area contributed by atoms with Gasteiger partial charge >= 0.3 is 0 Å². The fraction of sp³-hybridized carbons (Fsp3) is 0.455. The van der Waals surface area contributed by atoms with Gasteiger partial charge < -0.3 is 15.0 Å². The summed E-state index contributed by atoms with van der Waals surface area (Å²) < 4.78 is 5.62. The Hall–Kier alpha value is -2.56. The maximum absolute atomic E-state index is 12.5. The summed E-state index contributed by atoms with van der Waals surface area (Å²) in [6.45, 7) is 7.24. The molecule has 1 saturated heterocycles. The second-order valence-electron chi connectivity index (χ2n) is 7.30. The largest absolute Gasteiger partial charge is 0.491 e. The first-order valence-electron chi connectivity index (χ1n) is 9.87. The summed E-state index contributed by atoms with van der Waals surface area (Å²) in [5.41, 5.74) is 1.30. The number of carbonyl (C=O) groups excluding carboxylic acids is 1. The maximum atomic E-state index is 12.5. The molecule has 1 fully saturated rings. The van der Waals surface area contributed by atoms with Gasteiger partial charge in [0, 0.05) is 24.5 Å². The second kappa shape index (κ2) is 8.89. The van der Waals surface area contributed by atoms with E-state index in [1.165, 1.54) is 19.3 Å². The monoisotopic (exact) mass is 367 g/mol. The van der Waals surface area contributed by atoms with E-state index in [1.807, 2.05) is 50.2 Å². The zero-order valence-corrected chi connectivity index (χ0v) is 16.4. The predicted molar refractivity (Wildman–Crippen MR) is 110 cm³/mol. The number of pyridine rings is 1. The van der Waals surface area contributed by atoms with E-state index >= 15 is 0 Å². The molecule has 0 radical (unpaired) electrons. The van der Waals surface area contributed by atoms with Crippen LogP contribution in [-0.2, 0) is 0 Å². The SMILES string of the molecule is CCC1CCCCN1c1ccc(C(=O)Nc2ccc(OC(C)C)cc2)cn1. The van der Waals surface area contributed by atoms with Crippen LogP contribution in [0.4, 0.5) is 11.5 Å². The fourth-order valence-corrected chi connectivity index (χ4v) is 3.51. The summed E-state index contributed by atoms with van der Waals surface area (Å²) in [4.78, 5) is 19.4. The van der Waals surface area contributed by atoms with Crippen LogP contribution in [0, 0.1) is 0 Å². The van der Waals surface area contributed by atoms with Gasteiger partial charge in [0.1, 0.15) is 11.6 Å². The minimum atomic E-state index is -0.155. The summed E-state index contributed by atoms with van der Waals surface area (Å²) >= 11 is 0. The number of hydrogen-bond donors (Lipinski definition) is 1. The zero-order valence-electron chi connectivity index (χ0n) is 16.4. The molecule has 3 rings (SSSR count). The molecular formula is C22H29N3O2. The predicted octanol–water partition coefficient (Wildman–Crippen LogP) is 4.89. The molecule has 0 aliphatic carbocycles. The van der Waals surface area contributed by atoms with Gasteiger partial charge in [0.15, 0.2) is 0 Å². The van der Waals surface area contributed by atoms with Crippen LogP contribution in [0.15, 0.2) is 42.6 Å². The molecule has 1 aliphatic heterocycles. The van der Waals surface area contributed by atoms with E-state index < -0.39 is 0 Å². The highest BCUT2D eigenvalue weighted by Crippen LogP contribution is 2.25. The van der Waals surface area contributed by atoms with E-state index in [4.69, 9.17) is 4.74 Å². The lowest BCUT2D eigenvalue weighted by Gasteiger charge is -2.36. The Labute approximate surface area is 161 Å². The number of benzene rings is 1.